The second-order valence-electron chi connectivity index (χ2n) is 6.60. The molecule has 0 aromatic heterocycles. The Morgan fingerprint density at radius 3 is 2.55 bits per heavy atom. The normalized spacial score (nSPS) is 24.9. The van der Waals surface area contributed by atoms with Gasteiger partial charge in [-0.3, -0.25) is 15.1 Å². The summed E-state index contributed by atoms with van der Waals surface area (Å²) in [6, 6.07) is 0.494. The third-order valence-electron chi connectivity index (χ3n) is 3.70. The first-order valence-corrected chi connectivity index (χ1v) is 8.01. The van der Waals surface area contributed by atoms with Gasteiger partial charge in [0.25, 0.3) is 5.91 Å². The number of amidine groups is 1. The zero-order valence-electron chi connectivity index (χ0n) is 12.5. The van der Waals surface area contributed by atoms with E-state index in [0.29, 0.717) is 11.1 Å². The third-order valence-corrected chi connectivity index (χ3v) is 4.82. The van der Waals surface area contributed by atoms with Crippen LogP contribution in [0.5, 0.6) is 0 Å². The van der Waals surface area contributed by atoms with Gasteiger partial charge in [-0.25, -0.2) is 0 Å². The Morgan fingerprint density at radius 2 is 2.00 bits per heavy atom. The average Bonchev–Trinajstić information content (AvgIpc) is 3.05. The largest absolute Gasteiger partial charge is 0.378 e. The molecule has 0 unspecified atom stereocenters. The highest BCUT2D eigenvalue weighted by molar-refractivity contribution is 8.26. The summed E-state index contributed by atoms with van der Waals surface area (Å²) in [6.45, 7) is 6.84. The van der Waals surface area contributed by atoms with Gasteiger partial charge in [-0.1, -0.05) is 20.8 Å². The molecule has 2 rings (SSSR count). The van der Waals surface area contributed by atoms with E-state index in [9.17, 15) is 4.79 Å². The second kappa shape index (κ2) is 5.85. The van der Waals surface area contributed by atoms with Crippen molar-refractivity contribution in [2.24, 2.45) is 16.1 Å². The first-order chi connectivity index (χ1) is 9.29. The van der Waals surface area contributed by atoms with Crippen LogP contribution in [0.25, 0.3) is 0 Å². The molecule has 3 N–H and O–H groups in total. The van der Waals surface area contributed by atoms with Gasteiger partial charge in [0.05, 0.1) is 11.1 Å². The van der Waals surface area contributed by atoms with Crippen molar-refractivity contribution in [3.05, 3.63) is 0 Å². The minimum atomic E-state index is -0.263. The Labute approximate surface area is 124 Å². The van der Waals surface area contributed by atoms with Gasteiger partial charge in [0.1, 0.15) is 0 Å². The average molecular weight is 296 g/mol. The molecule has 20 heavy (non-hydrogen) atoms. The summed E-state index contributed by atoms with van der Waals surface area (Å²) < 4.78 is 0. The molecule has 0 bridgehead atoms. The van der Waals surface area contributed by atoms with Gasteiger partial charge in [0, 0.05) is 11.5 Å². The van der Waals surface area contributed by atoms with E-state index in [0.717, 1.165) is 31.1 Å². The smallest absolute Gasteiger partial charge is 0.265 e. The van der Waals surface area contributed by atoms with E-state index >= 15 is 0 Å². The van der Waals surface area contributed by atoms with Crippen molar-refractivity contribution < 1.29 is 4.79 Å². The van der Waals surface area contributed by atoms with Gasteiger partial charge in [-0.15, -0.1) is 0 Å². The number of aliphatic imine (C=N–C) groups is 1. The van der Waals surface area contributed by atoms with Gasteiger partial charge in [-0.2, -0.15) is 4.99 Å². The molecule has 0 radical (unpaired) electrons. The van der Waals surface area contributed by atoms with E-state index in [4.69, 9.17) is 11.1 Å². The molecule has 1 heterocycles. The van der Waals surface area contributed by atoms with Gasteiger partial charge in [-0.05, 0) is 44.0 Å². The Morgan fingerprint density at radius 1 is 1.35 bits per heavy atom. The topological polar surface area (TPSA) is 82.5 Å². The zero-order valence-corrected chi connectivity index (χ0v) is 13.3. The number of nitrogens with zero attached hydrogens (tertiary/aromatic N) is 2. The molecule has 2 fully saturated rings. The third kappa shape index (κ3) is 3.82. The Balaban J connectivity index is 1.95. The number of nitrogens with one attached hydrogen (secondary N) is 1. The number of likely N-dealkylation sites (tertiary alicyclic amines) is 1. The lowest BCUT2D eigenvalue weighted by atomic mass is 9.99. The van der Waals surface area contributed by atoms with Crippen LogP contribution >= 0.6 is 11.8 Å². The van der Waals surface area contributed by atoms with Crippen LogP contribution in [0.3, 0.4) is 0 Å². The highest BCUT2D eigenvalue weighted by Crippen LogP contribution is 2.33. The van der Waals surface area contributed by atoms with Gasteiger partial charge in [0.15, 0.2) is 5.17 Å². The summed E-state index contributed by atoms with van der Waals surface area (Å²) >= 11 is 1.09. The summed E-state index contributed by atoms with van der Waals surface area (Å²) in [6.07, 6.45) is 4.35. The first kappa shape index (κ1) is 15.5. The molecular weight excluding hydrogens is 272 g/mol. The summed E-state index contributed by atoms with van der Waals surface area (Å²) in [4.78, 5) is 18.5. The lowest BCUT2D eigenvalue weighted by Crippen LogP contribution is -2.37. The van der Waals surface area contributed by atoms with Crippen molar-refractivity contribution in [1.29, 1.82) is 5.41 Å². The predicted octanol–water partition coefficient (Wildman–Crippen LogP) is 2.21. The molecule has 5 nitrogen and oxygen atoms in total. The van der Waals surface area contributed by atoms with E-state index in [-0.39, 0.29) is 22.5 Å². The fourth-order valence-electron chi connectivity index (χ4n) is 2.36. The molecule has 1 saturated heterocycles. The number of carbonyl (C=O) groups excluding carboxylic acids is 1. The summed E-state index contributed by atoms with van der Waals surface area (Å²) in [7, 11) is 0. The number of amides is 1. The van der Waals surface area contributed by atoms with Crippen molar-refractivity contribution in [3.63, 3.8) is 0 Å². The molecule has 0 spiro atoms. The van der Waals surface area contributed by atoms with Gasteiger partial charge in [0.2, 0.25) is 0 Å². The van der Waals surface area contributed by atoms with Gasteiger partial charge < -0.3 is 5.73 Å². The van der Waals surface area contributed by atoms with Crippen LogP contribution in [0.15, 0.2) is 4.99 Å². The Bertz CT molecular complexity index is 437. The molecule has 2 aliphatic rings. The van der Waals surface area contributed by atoms with E-state index in [1.807, 2.05) is 20.8 Å². The standard InChI is InChI=1S/C14H24N4OS/c1-14(2,3)12(15)20-13(16)17-11(19)10-5-4-8-18(10)9-6-7-9/h9-10,15H,4-8H2,1-3H3,(H2,16,17,19)/t10-/m0/s1. The second-order valence-corrected chi connectivity index (χ2v) is 7.63. The fourth-order valence-corrected chi connectivity index (χ4v) is 3.01. The van der Waals surface area contributed by atoms with Crippen LogP contribution in [-0.4, -0.2) is 39.6 Å². The Hall–Kier alpha value is -0.880. The maximum Gasteiger partial charge on any atom is 0.265 e. The van der Waals surface area contributed by atoms with Crippen LogP contribution in [0.2, 0.25) is 0 Å². The van der Waals surface area contributed by atoms with Crippen LogP contribution in [0.1, 0.15) is 46.5 Å². The van der Waals surface area contributed by atoms with Crippen molar-refractivity contribution >= 4 is 27.9 Å². The van der Waals surface area contributed by atoms with Crippen molar-refractivity contribution in [2.75, 3.05) is 6.54 Å². The molecule has 0 aromatic rings. The number of rotatable bonds is 2. The molecule has 1 aliphatic heterocycles. The highest BCUT2D eigenvalue weighted by Gasteiger charge is 2.40. The highest BCUT2D eigenvalue weighted by atomic mass is 32.2. The number of hydrogen-bond donors (Lipinski definition) is 2. The van der Waals surface area contributed by atoms with E-state index in [1.54, 1.807) is 0 Å². The number of hydrogen-bond acceptors (Lipinski definition) is 4. The molecule has 112 valence electrons. The number of nitrogens with two attached hydrogens (primary N) is 1. The SMILES string of the molecule is CC(C)(C)C(=N)SC(N)=NC(=O)[C@@H]1CCCN1C1CC1. The maximum atomic E-state index is 12.2. The predicted molar refractivity (Wildman–Crippen MR) is 84.2 cm³/mol. The van der Waals surface area contributed by atoms with Crippen molar-refractivity contribution in [2.45, 2.75) is 58.5 Å². The number of carbonyl (C=O) groups is 1. The van der Waals surface area contributed by atoms with Crippen molar-refractivity contribution in [1.82, 2.24) is 4.90 Å². The van der Waals surface area contributed by atoms with E-state index < -0.39 is 0 Å². The lowest BCUT2D eigenvalue weighted by molar-refractivity contribution is -0.122. The van der Waals surface area contributed by atoms with Gasteiger partial charge >= 0.3 is 0 Å². The van der Waals surface area contributed by atoms with E-state index in [2.05, 4.69) is 9.89 Å². The summed E-state index contributed by atoms with van der Waals surface area (Å²) in [5, 5.41) is 8.54. The quantitative estimate of drug-likeness (QED) is 0.604. The minimum absolute atomic E-state index is 0.0922. The molecule has 1 saturated carbocycles. The molecule has 1 atom stereocenters. The molecule has 0 aromatic carbocycles. The zero-order chi connectivity index (χ0) is 14.9. The Kier molecular flexibility index (Phi) is 4.54. The lowest BCUT2D eigenvalue weighted by Gasteiger charge is -2.21. The van der Waals surface area contributed by atoms with Crippen LogP contribution in [0.4, 0.5) is 0 Å². The fraction of sp³-hybridized carbons (Fsp3) is 0.786. The van der Waals surface area contributed by atoms with E-state index in [1.165, 1.54) is 12.8 Å². The minimum Gasteiger partial charge on any atom is -0.378 e. The van der Waals surface area contributed by atoms with Crippen LogP contribution in [-0.2, 0) is 4.79 Å². The molecule has 1 aliphatic carbocycles. The number of thioether (sulfide) groups is 1. The molecular formula is C14H24N4OS. The monoisotopic (exact) mass is 296 g/mol. The van der Waals surface area contributed by atoms with Crippen LogP contribution in [0, 0.1) is 10.8 Å². The maximum absolute atomic E-state index is 12.2. The molecule has 6 heteroatoms. The molecule has 1 amide bonds. The van der Waals surface area contributed by atoms with Crippen LogP contribution < -0.4 is 5.73 Å². The summed E-state index contributed by atoms with van der Waals surface area (Å²) in [5.74, 6) is -0.138. The summed E-state index contributed by atoms with van der Waals surface area (Å²) in [5.41, 5.74) is 5.55. The first-order valence-electron chi connectivity index (χ1n) is 7.19. The van der Waals surface area contributed by atoms with Crippen molar-refractivity contribution in [3.8, 4) is 0 Å².